The highest BCUT2D eigenvalue weighted by molar-refractivity contribution is 5.40. The minimum Gasteiger partial charge on any atom is -0.490 e. The van der Waals surface area contributed by atoms with E-state index in [-0.39, 0.29) is 0 Å². The number of fused-ring (bicyclic) bond motifs is 1. The Bertz CT molecular complexity index is 410. The van der Waals surface area contributed by atoms with Gasteiger partial charge in [-0.15, -0.1) is 0 Å². The fraction of sp³-hybridized carbons (Fsp3) is 0.625. The number of aryl methyl sites for hydroxylation is 1. The van der Waals surface area contributed by atoms with E-state index in [1.54, 1.807) is 0 Å². The van der Waals surface area contributed by atoms with E-state index in [2.05, 4.69) is 30.4 Å². The molecule has 0 spiro atoms. The molecule has 1 unspecified atom stereocenters. The number of hydrogen-bond donors (Lipinski definition) is 1. The molecule has 1 N–H and O–H groups in total. The molecule has 3 rings (SSSR count). The largest absolute Gasteiger partial charge is 0.490 e. The van der Waals surface area contributed by atoms with Gasteiger partial charge in [-0.2, -0.15) is 0 Å². The Labute approximate surface area is 110 Å². The maximum absolute atomic E-state index is 6.08. The van der Waals surface area contributed by atoms with Crippen molar-refractivity contribution in [1.82, 2.24) is 5.32 Å². The molecule has 2 aliphatic carbocycles. The van der Waals surface area contributed by atoms with Gasteiger partial charge in [-0.1, -0.05) is 13.0 Å². The Kier molecular flexibility index (Phi) is 3.55. The maximum atomic E-state index is 6.08. The minimum absolute atomic E-state index is 0.467. The molecule has 1 fully saturated rings. The van der Waals surface area contributed by atoms with E-state index >= 15 is 0 Å². The molecule has 1 aromatic carbocycles. The third-order valence-corrected chi connectivity index (χ3v) is 4.25. The zero-order valence-corrected chi connectivity index (χ0v) is 11.2. The van der Waals surface area contributed by atoms with Gasteiger partial charge in [0.05, 0.1) is 6.10 Å². The Hall–Kier alpha value is -1.02. The molecule has 1 aromatic rings. The fourth-order valence-corrected chi connectivity index (χ4v) is 3.32. The van der Waals surface area contributed by atoms with Crippen LogP contribution >= 0.6 is 0 Å². The van der Waals surface area contributed by atoms with Crippen LogP contribution in [-0.4, -0.2) is 12.6 Å². The van der Waals surface area contributed by atoms with Gasteiger partial charge in [0.15, 0.2) is 0 Å². The zero-order chi connectivity index (χ0) is 12.4. The van der Waals surface area contributed by atoms with E-state index in [1.807, 2.05) is 0 Å². The Morgan fingerprint density at radius 3 is 2.83 bits per heavy atom. The minimum atomic E-state index is 0.467. The van der Waals surface area contributed by atoms with E-state index in [0.29, 0.717) is 12.1 Å². The molecule has 0 bridgehead atoms. The molecule has 0 heterocycles. The Morgan fingerprint density at radius 1 is 1.22 bits per heavy atom. The summed E-state index contributed by atoms with van der Waals surface area (Å²) in [7, 11) is 0. The lowest BCUT2D eigenvalue weighted by Crippen LogP contribution is -2.18. The highest BCUT2D eigenvalue weighted by Gasteiger charge is 2.23. The second-order valence-electron chi connectivity index (χ2n) is 5.53. The van der Waals surface area contributed by atoms with Crippen LogP contribution in [0.3, 0.4) is 0 Å². The van der Waals surface area contributed by atoms with Crippen molar-refractivity contribution in [3.05, 3.63) is 29.3 Å². The molecule has 0 radical (unpaired) electrons. The van der Waals surface area contributed by atoms with Crippen molar-refractivity contribution in [3.63, 3.8) is 0 Å². The van der Waals surface area contributed by atoms with Crippen molar-refractivity contribution < 1.29 is 4.74 Å². The van der Waals surface area contributed by atoms with Crippen molar-refractivity contribution in [3.8, 4) is 5.75 Å². The SMILES string of the molecule is CCNC1CCc2cc(OC3CCCC3)ccc21. The standard InChI is InChI=1S/C16H23NO/c1-2-17-16-10-7-12-11-14(8-9-15(12)16)18-13-5-3-4-6-13/h8-9,11,13,16-17H,2-7,10H2,1H3. The molecule has 0 amide bonds. The summed E-state index contributed by atoms with van der Waals surface area (Å²) >= 11 is 0. The predicted octanol–water partition coefficient (Wildman–Crippen LogP) is 3.60. The van der Waals surface area contributed by atoms with Gasteiger partial charge < -0.3 is 10.1 Å². The average molecular weight is 245 g/mol. The summed E-state index contributed by atoms with van der Waals surface area (Å²) in [6, 6.07) is 7.25. The lowest BCUT2D eigenvalue weighted by Gasteiger charge is -2.15. The van der Waals surface area contributed by atoms with Crippen molar-refractivity contribution in [2.75, 3.05) is 6.54 Å². The Morgan fingerprint density at radius 2 is 2.06 bits per heavy atom. The molecule has 0 saturated heterocycles. The molecular formula is C16H23NO. The van der Waals surface area contributed by atoms with Gasteiger partial charge in [-0.25, -0.2) is 0 Å². The van der Waals surface area contributed by atoms with Gasteiger partial charge in [-0.05, 0) is 68.3 Å². The van der Waals surface area contributed by atoms with Gasteiger partial charge in [0.2, 0.25) is 0 Å². The normalized spacial score (nSPS) is 23.3. The second-order valence-corrected chi connectivity index (χ2v) is 5.53. The first kappa shape index (κ1) is 12.0. The number of hydrogen-bond acceptors (Lipinski definition) is 2. The summed E-state index contributed by atoms with van der Waals surface area (Å²) in [5.41, 5.74) is 2.96. The lowest BCUT2D eigenvalue weighted by atomic mass is 10.1. The van der Waals surface area contributed by atoms with Gasteiger partial charge >= 0.3 is 0 Å². The summed E-state index contributed by atoms with van der Waals surface area (Å²) in [5, 5.41) is 3.55. The summed E-state index contributed by atoms with van der Waals surface area (Å²) in [5.74, 6) is 1.08. The highest BCUT2D eigenvalue weighted by atomic mass is 16.5. The maximum Gasteiger partial charge on any atom is 0.120 e. The van der Waals surface area contributed by atoms with Crippen molar-refractivity contribution in [1.29, 1.82) is 0 Å². The van der Waals surface area contributed by atoms with Gasteiger partial charge in [0.25, 0.3) is 0 Å². The third-order valence-electron chi connectivity index (χ3n) is 4.25. The van der Waals surface area contributed by atoms with Crippen LogP contribution in [0, 0.1) is 0 Å². The second kappa shape index (κ2) is 5.31. The Balaban J connectivity index is 1.71. The van der Waals surface area contributed by atoms with Gasteiger partial charge in [0, 0.05) is 6.04 Å². The number of nitrogens with one attached hydrogen (secondary N) is 1. The quantitative estimate of drug-likeness (QED) is 0.875. The van der Waals surface area contributed by atoms with Crippen LogP contribution in [0.25, 0.3) is 0 Å². The first-order valence-corrected chi connectivity index (χ1v) is 7.39. The number of ether oxygens (including phenoxy) is 1. The van der Waals surface area contributed by atoms with Gasteiger partial charge in [-0.3, -0.25) is 0 Å². The fourth-order valence-electron chi connectivity index (χ4n) is 3.32. The van der Waals surface area contributed by atoms with E-state index in [0.717, 1.165) is 12.3 Å². The number of rotatable bonds is 4. The molecule has 2 nitrogen and oxygen atoms in total. The molecule has 2 aliphatic rings. The first-order valence-electron chi connectivity index (χ1n) is 7.39. The third kappa shape index (κ3) is 2.39. The van der Waals surface area contributed by atoms with Crippen LogP contribution in [0.2, 0.25) is 0 Å². The lowest BCUT2D eigenvalue weighted by molar-refractivity contribution is 0.210. The molecule has 18 heavy (non-hydrogen) atoms. The average Bonchev–Trinajstić information content (AvgIpc) is 3.00. The van der Waals surface area contributed by atoms with Crippen LogP contribution < -0.4 is 10.1 Å². The number of benzene rings is 1. The van der Waals surface area contributed by atoms with Crippen LogP contribution in [0.5, 0.6) is 5.75 Å². The van der Waals surface area contributed by atoms with Crippen molar-refractivity contribution >= 4 is 0 Å². The summed E-state index contributed by atoms with van der Waals surface area (Å²) < 4.78 is 6.08. The summed E-state index contributed by atoms with van der Waals surface area (Å²) in [6.07, 6.45) is 8.02. The van der Waals surface area contributed by atoms with E-state index < -0.39 is 0 Å². The van der Waals surface area contributed by atoms with Crippen LogP contribution in [0.15, 0.2) is 18.2 Å². The van der Waals surface area contributed by atoms with Crippen molar-refractivity contribution in [2.45, 2.75) is 57.6 Å². The molecule has 98 valence electrons. The van der Waals surface area contributed by atoms with Crippen LogP contribution in [0.1, 0.15) is 56.2 Å². The molecule has 1 atom stereocenters. The van der Waals surface area contributed by atoms with E-state index in [4.69, 9.17) is 4.74 Å². The first-order chi connectivity index (χ1) is 8.86. The molecular weight excluding hydrogens is 222 g/mol. The smallest absolute Gasteiger partial charge is 0.120 e. The predicted molar refractivity (Wildman–Crippen MR) is 74.1 cm³/mol. The van der Waals surface area contributed by atoms with Crippen LogP contribution in [0.4, 0.5) is 0 Å². The van der Waals surface area contributed by atoms with E-state index in [9.17, 15) is 0 Å². The van der Waals surface area contributed by atoms with Gasteiger partial charge in [0.1, 0.15) is 5.75 Å². The molecule has 2 heteroatoms. The van der Waals surface area contributed by atoms with Crippen molar-refractivity contribution in [2.24, 2.45) is 0 Å². The van der Waals surface area contributed by atoms with Crippen LogP contribution in [-0.2, 0) is 6.42 Å². The molecule has 0 aromatic heterocycles. The summed E-state index contributed by atoms with van der Waals surface area (Å²) in [4.78, 5) is 0. The van der Waals surface area contributed by atoms with E-state index in [1.165, 1.54) is 49.7 Å². The topological polar surface area (TPSA) is 21.3 Å². The monoisotopic (exact) mass is 245 g/mol. The molecule has 0 aliphatic heterocycles. The summed E-state index contributed by atoms with van der Waals surface area (Å²) in [6.45, 7) is 3.22. The zero-order valence-electron chi connectivity index (χ0n) is 11.2. The highest BCUT2D eigenvalue weighted by Crippen LogP contribution is 2.34. The molecule has 1 saturated carbocycles.